The molecule has 158 valence electrons. The van der Waals surface area contributed by atoms with E-state index in [0.29, 0.717) is 35.2 Å². The van der Waals surface area contributed by atoms with Crippen molar-refractivity contribution >= 4 is 23.2 Å². The summed E-state index contributed by atoms with van der Waals surface area (Å²) >= 11 is 6.22. The molecule has 0 fully saturated rings. The van der Waals surface area contributed by atoms with E-state index in [1.807, 2.05) is 31.2 Å². The molecule has 0 spiro atoms. The van der Waals surface area contributed by atoms with Crippen LogP contribution in [0.1, 0.15) is 24.5 Å². The van der Waals surface area contributed by atoms with Gasteiger partial charge in [-0.15, -0.1) is 0 Å². The number of halogens is 1. The lowest BCUT2D eigenvalue weighted by molar-refractivity contribution is -0.126. The molecule has 8 heteroatoms. The molecule has 4 rings (SSSR count). The quantitative estimate of drug-likeness (QED) is 0.600. The first kappa shape index (κ1) is 20.8. The van der Waals surface area contributed by atoms with E-state index in [9.17, 15) is 4.79 Å². The van der Waals surface area contributed by atoms with Crippen molar-refractivity contribution in [1.29, 1.82) is 0 Å². The molecule has 0 radical (unpaired) electrons. The minimum Gasteiger partial charge on any atom is -0.497 e. The van der Waals surface area contributed by atoms with Crippen molar-refractivity contribution in [2.75, 3.05) is 7.11 Å². The van der Waals surface area contributed by atoms with Gasteiger partial charge in [-0.05, 0) is 36.8 Å². The molecule has 0 saturated heterocycles. The van der Waals surface area contributed by atoms with Crippen LogP contribution in [0.15, 0.2) is 66.2 Å². The molecule has 1 unspecified atom stereocenters. The van der Waals surface area contributed by atoms with Crippen LogP contribution in [0.5, 0.6) is 17.2 Å². The van der Waals surface area contributed by atoms with E-state index in [-0.39, 0.29) is 5.91 Å². The first-order valence-corrected chi connectivity index (χ1v) is 10.1. The Morgan fingerprint density at radius 3 is 2.45 bits per heavy atom. The number of nitrogens with zero attached hydrogens (tertiary/aromatic N) is 3. The van der Waals surface area contributed by atoms with E-state index >= 15 is 0 Å². The standard InChI is InChI=1S/C23H21ClN4O3/c1-23(10-20(28-23)16-12-25-14-26-13-16)22(29)27-11-15-3-5-17(6-4-15)31-21-8-7-18(30-2)9-19(21)24/h3-9,12-14H,10-11H2,1-2H3,(H,27,29). The van der Waals surface area contributed by atoms with Gasteiger partial charge in [0.15, 0.2) is 0 Å². The van der Waals surface area contributed by atoms with Crippen molar-refractivity contribution in [2.24, 2.45) is 4.99 Å². The van der Waals surface area contributed by atoms with Gasteiger partial charge >= 0.3 is 0 Å². The number of carbonyl (C=O) groups excluding carboxylic acids is 1. The molecule has 1 aliphatic rings. The van der Waals surface area contributed by atoms with Gasteiger partial charge in [0.25, 0.3) is 0 Å². The summed E-state index contributed by atoms with van der Waals surface area (Å²) in [7, 11) is 1.58. The molecule has 1 aromatic heterocycles. The Morgan fingerprint density at radius 2 is 1.81 bits per heavy atom. The van der Waals surface area contributed by atoms with Crippen LogP contribution in [0.3, 0.4) is 0 Å². The molecule has 2 aromatic carbocycles. The second kappa shape index (κ2) is 8.73. The summed E-state index contributed by atoms with van der Waals surface area (Å²) in [4.78, 5) is 25.1. The first-order valence-electron chi connectivity index (χ1n) is 9.69. The van der Waals surface area contributed by atoms with E-state index < -0.39 is 5.54 Å². The Bertz CT molecular complexity index is 1120. The van der Waals surface area contributed by atoms with Crippen molar-refractivity contribution in [2.45, 2.75) is 25.4 Å². The molecule has 0 bridgehead atoms. The maximum atomic E-state index is 12.6. The fourth-order valence-electron chi connectivity index (χ4n) is 3.22. The van der Waals surface area contributed by atoms with E-state index in [1.165, 1.54) is 6.33 Å². The maximum Gasteiger partial charge on any atom is 0.248 e. The normalized spacial score (nSPS) is 17.3. The van der Waals surface area contributed by atoms with Crippen molar-refractivity contribution < 1.29 is 14.3 Å². The highest BCUT2D eigenvalue weighted by Gasteiger charge is 2.41. The number of amides is 1. The van der Waals surface area contributed by atoms with Gasteiger partial charge in [0.05, 0.1) is 12.1 Å². The van der Waals surface area contributed by atoms with Gasteiger partial charge in [-0.25, -0.2) is 9.97 Å². The Morgan fingerprint density at radius 1 is 1.13 bits per heavy atom. The highest BCUT2D eigenvalue weighted by atomic mass is 35.5. The fourth-order valence-corrected chi connectivity index (χ4v) is 3.43. The molecule has 2 heterocycles. The van der Waals surface area contributed by atoms with Gasteiger partial charge in [0.2, 0.25) is 5.91 Å². The molecule has 1 atom stereocenters. The molecule has 0 saturated carbocycles. The highest BCUT2D eigenvalue weighted by molar-refractivity contribution is 6.32. The number of ether oxygens (including phenoxy) is 2. The molecule has 1 aliphatic heterocycles. The van der Waals surface area contributed by atoms with Gasteiger partial charge in [0, 0.05) is 42.7 Å². The summed E-state index contributed by atoms with van der Waals surface area (Å²) in [6, 6.07) is 12.7. The predicted octanol–water partition coefficient (Wildman–Crippen LogP) is 4.20. The fraction of sp³-hybridized carbons (Fsp3) is 0.217. The lowest BCUT2D eigenvalue weighted by atomic mass is 9.85. The summed E-state index contributed by atoms with van der Waals surface area (Å²) < 4.78 is 11.0. The van der Waals surface area contributed by atoms with E-state index in [4.69, 9.17) is 21.1 Å². The Labute approximate surface area is 185 Å². The van der Waals surface area contributed by atoms with E-state index in [0.717, 1.165) is 16.8 Å². The minimum absolute atomic E-state index is 0.113. The van der Waals surface area contributed by atoms with Crippen LogP contribution < -0.4 is 14.8 Å². The molecule has 0 aliphatic carbocycles. The number of benzene rings is 2. The third-order valence-corrected chi connectivity index (χ3v) is 5.31. The van der Waals surface area contributed by atoms with Crippen LogP contribution in [0.25, 0.3) is 0 Å². The average molecular weight is 437 g/mol. The molecular weight excluding hydrogens is 416 g/mol. The van der Waals surface area contributed by atoms with Crippen LogP contribution in [-0.2, 0) is 11.3 Å². The monoisotopic (exact) mass is 436 g/mol. The molecule has 7 nitrogen and oxygen atoms in total. The molecule has 1 amide bonds. The largest absolute Gasteiger partial charge is 0.497 e. The van der Waals surface area contributed by atoms with Gasteiger partial charge in [-0.3, -0.25) is 9.79 Å². The average Bonchev–Trinajstić information content (AvgIpc) is 2.78. The maximum absolute atomic E-state index is 12.6. The van der Waals surface area contributed by atoms with Gasteiger partial charge in [0.1, 0.15) is 29.1 Å². The Hall–Kier alpha value is -3.45. The van der Waals surface area contributed by atoms with E-state index in [1.54, 1.807) is 37.7 Å². The van der Waals surface area contributed by atoms with E-state index in [2.05, 4.69) is 20.3 Å². The van der Waals surface area contributed by atoms with Crippen LogP contribution in [-0.4, -0.2) is 34.2 Å². The number of methoxy groups -OCH3 is 1. The summed E-state index contributed by atoms with van der Waals surface area (Å²) in [5.41, 5.74) is 1.88. The number of rotatable bonds is 7. The zero-order valence-corrected chi connectivity index (χ0v) is 17.9. The van der Waals surface area contributed by atoms with Crippen molar-refractivity contribution in [1.82, 2.24) is 15.3 Å². The van der Waals surface area contributed by atoms with Crippen LogP contribution in [0, 0.1) is 0 Å². The zero-order chi connectivity index (χ0) is 21.8. The molecule has 31 heavy (non-hydrogen) atoms. The SMILES string of the molecule is COc1ccc(Oc2ccc(CNC(=O)C3(C)CC(c4cncnc4)=N3)cc2)c(Cl)c1. The number of nitrogens with one attached hydrogen (secondary N) is 1. The van der Waals surface area contributed by atoms with Crippen LogP contribution in [0.4, 0.5) is 0 Å². The number of hydrogen-bond donors (Lipinski definition) is 1. The lowest BCUT2D eigenvalue weighted by Crippen LogP contribution is -2.50. The number of carbonyl (C=O) groups is 1. The topological polar surface area (TPSA) is 85.7 Å². The van der Waals surface area contributed by atoms with Gasteiger partial charge in [-0.1, -0.05) is 23.7 Å². The Balaban J connectivity index is 1.32. The van der Waals surface area contributed by atoms with Crippen LogP contribution in [0.2, 0.25) is 5.02 Å². The second-order valence-corrected chi connectivity index (χ2v) is 7.77. The van der Waals surface area contributed by atoms with Crippen LogP contribution >= 0.6 is 11.6 Å². The predicted molar refractivity (Wildman–Crippen MR) is 118 cm³/mol. The number of aromatic nitrogens is 2. The minimum atomic E-state index is -0.765. The number of aliphatic imine (C=N–C) groups is 1. The molecular formula is C23H21ClN4O3. The molecule has 1 N–H and O–H groups in total. The summed E-state index contributed by atoms with van der Waals surface area (Å²) in [6.45, 7) is 2.22. The van der Waals surface area contributed by atoms with Crippen molar-refractivity contribution in [3.8, 4) is 17.2 Å². The Kier molecular flexibility index (Phi) is 5.86. The highest BCUT2D eigenvalue weighted by Crippen LogP contribution is 2.33. The third-order valence-electron chi connectivity index (χ3n) is 5.02. The smallest absolute Gasteiger partial charge is 0.248 e. The summed E-state index contributed by atoms with van der Waals surface area (Å²) in [5.74, 6) is 1.74. The lowest BCUT2D eigenvalue weighted by Gasteiger charge is -2.33. The van der Waals surface area contributed by atoms with Crippen molar-refractivity contribution in [3.63, 3.8) is 0 Å². The summed E-state index contributed by atoms with van der Waals surface area (Å²) in [5, 5.41) is 3.42. The van der Waals surface area contributed by atoms with Crippen molar-refractivity contribution in [3.05, 3.63) is 77.3 Å². The second-order valence-electron chi connectivity index (χ2n) is 7.36. The molecule has 3 aromatic rings. The summed E-state index contributed by atoms with van der Waals surface area (Å²) in [6.07, 6.45) is 5.43. The van der Waals surface area contributed by atoms with Gasteiger partial charge in [-0.2, -0.15) is 0 Å². The number of hydrogen-bond acceptors (Lipinski definition) is 6. The third kappa shape index (κ3) is 4.67. The first-order chi connectivity index (χ1) is 15.0. The zero-order valence-electron chi connectivity index (χ0n) is 17.1. The van der Waals surface area contributed by atoms with Gasteiger partial charge < -0.3 is 14.8 Å².